The van der Waals surface area contributed by atoms with E-state index in [1.54, 1.807) is 0 Å². The van der Waals surface area contributed by atoms with Crippen LogP contribution in [0.4, 0.5) is 5.69 Å². The molecule has 1 aromatic rings. The normalized spacial score (nSPS) is 16.5. The fourth-order valence-electron chi connectivity index (χ4n) is 2.84. The molecule has 2 rings (SSSR count). The summed E-state index contributed by atoms with van der Waals surface area (Å²) in [4.78, 5) is 2.41. The van der Waals surface area contributed by atoms with Crippen LogP contribution in [0.25, 0.3) is 0 Å². The molecule has 0 N–H and O–H groups in total. The lowest BCUT2D eigenvalue weighted by atomic mass is 9.93. The van der Waals surface area contributed by atoms with Gasteiger partial charge in [0.15, 0.2) is 0 Å². The lowest BCUT2D eigenvalue weighted by Crippen LogP contribution is -2.37. The van der Waals surface area contributed by atoms with Gasteiger partial charge in [0.2, 0.25) is 0 Å². The van der Waals surface area contributed by atoms with Gasteiger partial charge in [-0.2, -0.15) is 5.26 Å². The fraction of sp³-hybridized carbons (Fsp3) is 0.533. The molecule has 17 heavy (non-hydrogen) atoms. The smallest absolute Gasteiger partial charge is 0.101 e. The number of para-hydroxylation sites is 1. The first-order valence-electron chi connectivity index (χ1n) is 6.62. The van der Waals surface area contributed by atoms with Gasteiger partial charge in [-0.3, -0.25) is 0 Å². The summed E-state index contributed by atoms with van der Waals surface area (Å²) < 4.78 is 0. The van der Waals surface area contributed by atoms with Crippen LogP contribution in [0.5, 0.6) is 0 Å². The molecular formula is C15H20N2. The number of rotatable bonds is 3. The van der Waals surface area contributed by atoms with Crippen LogP contribution < -0.4 is 4.90 Å². The third kappa shape index (κ3) is 2.61. The number of hydrogen-bond donors (Lipinski definition) is 0. The molecule has 0 bridgehead atoms. The monoisotopic (exact) mass is 228 g/mol. The lowest BCUT2D eigenvalue weighted by molar-refractivity contribution is 0.418. The second-order valence-electron chi connectivity index (χ2n) is 4.71. The summed E-state index contributed by atoms with van der Waals surface area (Å²) in [5, 5.41) is 9.18. The predicted molar refractivity (Wildman–Crippen MR) is 71.1 cm³/mol. The molecule has 0 amide bonds. The summed E-state index contributed by atoms with van der Waals surface area (Å²) in [5.74, 6) is 0. The number of hydrogen-bond acceptors (Lipinski definition) is 2. The Hall–Kier alpha value is -1.49. The minimum Gasteiger partial charge on any atom is -0.368 e. The molecule has 0 heterocycles. The first kappa shape index (κ1) is 12.0. The van der Waals surface area contributed by atoms with E-state index >= 15 is 0 Å². The average Bonchev–Trinajstić information content (AvgIpc) is 2.41. The number of nitriles is 1. The van der Waals surface area contributed by atoms with E-state index in [4.69, 9.17) is 0 Å². The maximum Gasteiger partial charge on any atom is 0.101 e. The van der Waals surface area contributed by atoms with Gasteiger partial charge in [0, 0.05) is 12.6 Å². The molecule has 0 atom stereocenters. The van der Waals surface area contributed by atoms with Gasteiger partial charge < -0.3 is 4.90 Å². The molecule has 0 saturated heterocycles. The van der Waals surface area contributed by atoms with Gasteiger partial charge in [-0.05, 0) is 31.9 Å². The Morgan fingerprint density at radius 3 is 2.59 bits per heavy atom. The Balaban J connectivity index is 2.25. The van der Waals surface area contributed by atoms with E-state index in [2.05, 4.69) is 24.0 Å². The summed E-state index contributed by atoms with van der Waals surface area (Å²) >= 11 is 0. The molecule has 0 radical (unpaired) electrons. The van der Waals surface area contributed by atoms with E-state index in [0.717, 1.165) is 17.8 Å². The molecular weight excluding hydrogens is 208 g/mol. The summed E-state index contributed by atoms with van der Waals surface area (Å²) in [6.45, 7) is 3.17. The van der Waals surface area contributed by atoms with Crippen molar-refractivity contribution in [3.05, 3.63) is 29.8 Å². The van der Waals surface area contributed by atoms with Gasteiger partial charge in [0.05, 0.1) is 11.3 Å². The first-order chi connectivity index (χ1) is 8.36. The average molecular weight is 228 g/mol. The van der Waals surface area contributed by atoms with Crippen LogP contribution in [0.1, 0.15) is 44.6 Å². The molecule has 1 fully saturated rings. The third-order valence-corrected chi connectivity index (χ3v) is 3.69. The lowest BCUT2D eigenvalue weighted by Gasteiger charge is -2.35. The van der Waals surface area contributed by atoms with E-state index in [0.29, 0.717) is 6.04 Å². The standard InChI is InChI=1S/C15H20N2/c1-2-17(14-9-4-3-5-10-14)15-11-7-6-8-13(15)12-16/h6-8,11,14H,2-5,9-10H2,1H3. The van der Waals surface area contributed by atoms with E-state index in [-0.39, 0.29) is 0 Å². The zero-order valence-corrected chi connectivity index (χ0v) is 10.5. The molecule has 2 nitrogen and oxygen atoms in total. The molecule has 0 spiro atoms. The first-order valence-corrected chi connectivity index (χ1v) is 6.62. The largest absolute Gasteiger partial charge is 0.368 e. The Labute approximate surface area is 104 Å². The summed E-state index contributed by atoms with van der Waals surface area (Å²) in [6, 6.07) is 10.9. The zero-order valence-electron chi connectivity index (χ0n) is 10.5. The quantitative estimate of drug-likeness (QED) is 0.788. The summed E-state index contributed by atoms with van der Waals surface area (Å²) in [6.07, 6.45) is 6.57. The van der Waals surface area contributed by atoms with Crippen molar-refractivity contribution in [2.24, 2.45) is 0 Å². The molecule has 1 saturated carbocycles. The molecule has 0 aromatic heterocycles. The van der Waals surface area contributed by atoms with E-state index in [1.165, 1.54) is 32.1 Å². The van der Waals surface area contributed by atoms with Gasteiger partial charge in [0.25, 0.3) is 0 Å². The van der Waals surface area contributed by atoms with E-state index < -0.39 is 0 Å². The maximum absolute atomic E-state index is 9.18. The van der Waals surface area contributed by atoms with Gasteiger partial charge in [-0.1, -0.05) is 31.4 Å². The van der Waals surface area contributed by atoms with Crippen LogP contribution in [0.2, 0.25) is 0 Å². The molecule has 2 heteroatoms. The Kier molecular flexibility index (Phi) is 4.03. The molecule has 1 aromatic carbocycles. The highest BCUT2D eigenvalue weighted by Gasteiger charge is 2.21. The van der Waals surface area contributed by atoms with Crippen molar-refractivity contribution in [1.29, 1.82) is 5.26 Å². The number of anilines is 1. The Morgan fingerprint density at radius 2 is 1.94 bits per heavy atom. The minimum absolute atomic E-state index is 0.628. The Morgan fingerprint density at radius 1 is 1.24 bits per heavy atom. The van der Waals surface area contributed by atoms with Gasteiger partial charge in [0.1, 0.15) is 6.07 Å². The van der Waals surface area contributed by atoms with Crippen LogP contribution in [0.3, 0.4) is 0 Å². The summed E-state index contributed by atoms with van der Waals surface area (Å²) in [7, 11) is 0. The number of benzene rings is 1. The van der Waals surface area contributed by atoms with Crippen LogP contribution >= 0.6 is 0 Å². The van der Waals surface area contributed by atoms with E-state index in [1.807, 2.05) is 18.2 Å². The molecule has 90 valence electrons. The van der Waals surface area contributed by atoms with Crippen molar-refractivity contribution in [2.75, 3.05) is 11.4 Å². The van der Waals surface area contributed by atoms with E-state index in [9.17, 15) is 5.26 Å². The van der Waals surface area contributed by atoms with Crippen molar-refractivity contribution in [1.82, 2.24) is 0 Å². The Bertz CT molecular complexity index is 400. The SMILES string of the molecule is CCN(c1ccccc1C#N)C1CCCCC1. The highest BCUT2D eigenvalue weighted by molar-refractivity contribution is 5.59. The molecule has 0 unspecified atom stereocenters. The highest BCUT2D eigenvalue weighted by Crippen LogP contribution is 2.29. The second kappa shape index (κ2) is 5.72. The van der Waals surface area contributed by atoms with Crippen LogP contribution in [-0.2, 0) is 0 Å². The predicted octanol–water partition coefficient (Wildman–Crippen LogP) is 3.72. The zero-order chi connectivity index (χ0) is 12.1. The second-order valence-corrected chi connectivity index (χ2v) is 4.71. The van der Waals surface area contributed by atoms with Gasteiger partial charge in [-0.25, -0.2) is 0 Å². The van der Waals surface area contributed by atoms with Crippen molar-refractivity contribution >= 4 is 5.69 Å². The summed E-state index contributed by atoms with van der Waals surface area (Å²) in [5.41, 5.74) is 1.92. The molecule has 1 aliphatic rings. The van der Waals surface area contributed by atoms with Crippen LogP contribution in [-0.4, -0.2) is 12.6 Å². The molecule has 0 aliphatic heterocycles. The van der Waals surface area contributed by atoms with Crippen molar-refractivity contribution in [3.8, 4) is 6.07 Å². The topological polar surface area (TPSA) is 27.0 Å². The van der Waals surface area contributed by atoms with Crippen molar-refractivity contribution < 1.29 is 0 Å². The fourth-order valence-corrected chi connectivity index (χ4v) is 2.84. The highest BCUT2D eigenvalue weighted by atomic mass is 15.2. The van der Waals surface area contributed by atoms with Crippen molar-refractivity contribution in [3.63, 3.8) is 0 Å². The third-order valence-electron chi connectivity index (χ3n) is 3.69. The van der Waals surface area contributed by atoms with Crippen LogP contribution in [0.15, 0.2) is 24.3 Å². The minimum atomic E-state index is 0.628. The van der Waals surface area contributed by atoms with Crippen LogP contribution in [0, 0.1) is 11.3 Å². The van der Waals surface area contributed by atoms with Gasteiger partial charge in [-0.15, -0.1) is 0 Å². The van der Waals surface area contributed by atoms with Gasteiger partial charge >= 0.3 is 0 Å². The van der Waals surface area contributed by atoms with Crippen molar-refractivity contribution in [2.45, 2.75) is 45.1 Å². The number of nitrogens with zero attached hydrogens (tertiary/aromatic N) is 2. The maximum atomic E-state index is 9.18. The molecule has 1 aliphatic carbocycles.